The Kier molecular flexibility index (Phi) is 4.69. The third-order valence-corrected chi connectivity index (χ3v) is 3.43. The minimum atomic E-state index is -0.183. The highest BCUT2D eigenvalue weighted by Gasteiger charge is 2.17. The number of pyridine rings is 1. The number of nitrogens with one attached hydrogen (secondary N) is 1. The molecule has 1 atom stereocenters. The van der Waals surface area contributed by atoms with Crippen LogP contribution >= 0.6 is 0 Å². The lowest BCUT2D eigenvalue weighted by atomic mass is 10.0. The molecule has 1 unspecified atom stereocenters. The van der Waals surface area contributed by atoms with Crippen molar-refractivity contribution in [3.8, 4) is 0 Å². The summed E-state index contributed by atoms with van der Waals surface area (Å²) in [5, 5.41) is 3.10. The summed E-state index contributed by atoms with van der Waals surface area (Å²) in [7, 11) is 3.79. The third kappa shape index (κ3) is 3.14. The van der Waals surface area contributed by atoms with E-state index in [4.69, 9.17) is 0 Å². The second-order valence-electron chi connectivity index (χ2n) is 4.86. The summed E-state index contributed by atoms with van der Waals surface area (Å²) in [5.74, 6) is -0.183. The minimum absolute atomic E-state index is 0.0441. The summed E-state index contributed by atoms with van der Waals surface area (Å²) in [6, 6.07) is 11.0. The zero-order valence-electron chi connectivity index (χ0n) is 12.1. The van der Waals surface area contributed by atoms with E-state index in [1.54, 1.807) is 12.3 Å². The van der Waals surface area contributed by atoms with Gasteiger partial charge in [-0.1, -0.05) is 12.1 Å². The number of aromatic nitrogens is 1. The molecule has 0 fully saturated rings. The first-order valence-electron chi connectivity index (χ1n) is 6.70. The number of hydrogen-bond acceptors (Lipinski definition) is 3. The summed E-state index contributed by atoms with van der Waals surface area (Å²) in [6.45, 7) is 2.60. The smallest absolute Gasteiger partial charge is 0.130 e. The van der Waals surface area contributed by atoms with Crippen LogP contribution in [0.15, 0.2) is 42.6 Å². The highest BCUT2D eigenvalue weighted by Crippen LogP contribution is 2.28. The van der Waals surface area contributed by atoms with Crippen LogP contribution in [0.2, 0.25) is 0 Å². The van der Waals surface area contributed by atoms with Gasteiger partial charge >= 0.3 is 0 Å². The molecule has 1 aromatic heterocycles. The van der Waals surface area contributed by atoms with Gasteiger partial charge in [-0.15, -0.1) is 0 Å². The average molecular weight is 273 g/mol. The highest BCUT2D eigenvalue weighted by molar-refractivity contribution is 5.55. The summed E-state index contributed by atoms with van der Waals surface area (Å²) in [4.78, 5) is 6.33. The second-order valence-corrected chi connectivity index (χ2v) is 4.86. The predicted octanol–water partition coefficient (Wildman–Crippen LogP) is 3.14. The lowest BCUT2D eigenvalue weighted by Gasteiger charge is -2.25. The molecular formula is C16H20FN3. The Morgan fingerprint density at radius 2 is 2.05 bits per heavy atom. The van der Waals surface area contributed by atoms with E-state index in [0.29, 0.717) is 12.1 Å². The first-order chi connectivity index (χ1) is 9.63. The molecule has 2 aromatic rings. The zero-order chi connectivity index (χ0) is 14.5. The van der Waals surface area contributed by atoms with Gasteiger partial charge in [0.2, 0.25) is 0 Å². The topological polar surface area (TPSA) is 28.2 Å². The molecule has 0 spiro atoms. The Morgan fingerprint density at radius 1 is 1.25 bits per heavy atom. The number of nitrogens with zero attached hydrogens (tertiary/aromatic N) is 2. The van der Waals surface area contributed by atoms with Gasteiger partial charge in [-0.05, 0) is 38.2 Å². The molecule has 0 amide bonds. The number of hydrogen-bond donors (Lipinski definition) is 1. The molecule has 4 heteroatoms. The highest BCUT2D eigenvalue weighted by atomic mass is 19.1. The van der Waals surface area contributed by atoms with Crippen LogP contribution in [0, 0.1) is 5.82 Å². The maximum absolute atomic E-state index is 14.1. The third-order valence-electron chi connectivity index (χ3n) is 3.43. The van der Waals surface area contributed by atoms with Crippen LogP contribution in [-0.2, 0) is 6.54 Å². The van der Waals surface area contributed by atoms with Crippen molar-refractivity contribution >= 4 is 5.69 Å². The quantitative estimate of drug-likeness (QED) is 0.907. The van der Waals surface area contributed by atoms with Gasteiger partial charge in [0.15, 0.2) is 0 Å². The molecule has 1 aromatic carbocycles. The van der Waals surface area contributed by atoms with Gasteiger partial charge in [0.25, 0.3) is 0 Å². The van der Waals surface area contributed by atoms with Crippen molar-refractivity contribution in [3.05, 3.63) is 59.7 Å². The van der Waals surface area contributed by atoms with Gasteiger partial charge in [0.1, 0.15) is 5.82 Å². The number of benzene rings is 1. The van der Waals surface area contributed by atoms with Crippen LogP contribution in [0.3, 0.4) is 0 Å². The Labute approximate surface area is 119 Å². The molecule has 1 N–H and O–H groups in total. The van der Waals surface area contributed by atoms with Gasteiger partial charge in [-0.25, -0.2) is 4.39 Å². The molecule has 0 aliphatic carbocycles. The lowest BCUT2D eigenvalue weighted by Crippen LogP contribution is -2.23. The van der Waals surface area contributed by atoms with Gasteiger partial charge in [0, 0.05) is 30.5 Å². The molecule has 0 aliphatic rings. The van der Waals surface area contributed by atoms with E-state index in [2.05, 4.69) is 10.3 Å². The average Bonchev–Trinajstić information content (AvgIpc) is 2.47. The van der Waals surface area contributed by atoms with Gasteiger partial charge in [-0.3, -0.25) is 4.98 Å². The minimum Gasteiger partial charge on any atom is -0.368 e. The van der Waals surface area contributed by atoms with Gasteiger partial charge in [0.05, 0.1) is 12.2 Å². The largest absolute Gasteiger partial charge is 0.368 e. The van der Waals surface area contributed by atoms with Crippen LogP contribution in [-0.4, -0.2) is 19.1 Å². The number of halogens is 1. The Hall–Kier alpha value is -1.94. The van der Waals surface area contributed by atoms with Crippen molar-refractivity contribution in [2.24, 2.45) is 0 Å². The van der Waals surface area contributed by atoms with Crippen LogP contribution in [0.1, 0.15) is 24.2 Å². The van der Waals surface area contributed by atoms with E-state index in [1.165, 1.54) is 6.07 Å². The summed E-state index contributed by atoms with van der Waals surface area (Å²) in [5.41, 5.74) is 2.54. The van der Waals surface area contributed by atoms with E-state index in [-0.39, 0.29) is 11.9 Å². The monoisotopic (exact) mass is 273 g/mol. The number of rotatable bonds is 5. The molecule has 106 valence electrons. The molecule has 20 heavy (non-hydrogen) atoms. The normalized spacial score (nSPS) is 12.2. The van der Waals surface area contributed by atoms with Crippen molar-refractivity contribution in [3.63, 3.8) is 0 Å². The van der Waals surface area contributed by atoms with E-state index in [0.717, 1.165) is 11.4 Å². The standard InChI is InChI=1S/C16H20FN3/c1-12(18-2)16-14(17)8-6-9-15(16)20(3)11-13-7-4-5-10-19-13/h4-10,12,18H,11H2,1-3H3. The molecule has 0 bridgehead atoms. The molecule has 1 heterocycles. The molecule has 3 nitrogen and oxygen atoms in total. The van der Waals surface area contributed by atoms with Crippen LogP contribution in [0.5, 0.6) is 0 Å². The summed E-state index contributed by atoms with van der Waals surface area (Å²) in [6.07, 6.45) is 1.77. The van der Waals surface area contributed by atoms with Crippen LogP contribution < -0.4 is 10.2 Å². The first-order valence-corrected chi connectivity index (χ1v) is 6.70. The van der Waals surface area contributed by atoms with Crippen molar-refractivity contribution in [2.75, 3.05) is 19.0 Å². The SMILES string of the molecule is CNC(C)c1c(F)cccc1N(C)Cc1ccccn1. The fraction of sp³-hybridized carbons (Fsp3) is 0.312. The first kappa shape index (κ1) is 14.5. The molecule has 2 rings (SSSR count). The van der Waals surface area contributed by atoms with E-state index in [9.17, 15) is 4.39 Å². The molecule has 0 saturated heterocycles. The van der Waals surface area contributed by atoms with E-state index < -0.39 is 0 Å². The maximum atomic E-state index is 14.1. The predicted molar refractivity (Wildman–Crippen MR) is 80.2 cm³/mol. The van der Waals surface area contributed by atoms with Crippen molar-refractivity contribution in [2.45, 2.75) is 19.5 Å². The summed E-state index contributed by atoms with van der Waals surface area (Å²) >= 11 is 0. The van der Waals surface area contributed by atoms with Crippen LogP contribution in [0.25, 0.3) is 0 Å². The van der Waals surface area contributed by atoms with Gasteiger partial charge < -0.3 is 10.2 Å². The fourth-order valence-electron chi connectivity index (χ4n) is 2.25. The van der Waals surface area contributed by atoms with Gasteiger partial charge in [-0.2, -0.15) is 0 Å². The van der Waals surface area contributed by atoms with Crippen molar-refractivity contribution < 1.29 is 4.39 Å². The lowest BCUT2D eigenvalue weighted by molar-refractivity contribution is 0.560. The fourth-order valence-corrected chi connectivity index (χ4v) is 2.25. The van der Waals surface area contributed by atoms with Crippen molar-refractivity contribution in [1.82, 2.24) is 10.3 Å². The van der Waals surface area contributed by atoms with E-state index in [1.807, 2.05) is 50.2 Å². The van der Waals surface area contributed by atoms with E-state index >= 15 is 0 Å². The summed E-state index contributed by atoms with van der Waals surface area (Å²) < 4.78 is 14.1. The molecule has 0 radical (unpaired) electrons. The Balaban J connectivity index is 2.30. The second kappa shape index (κ2) is 6.48. The van der Waals surface area contributed by atoms with Crippen molar-refractivity contribution in [1.29, 1.82) is 0 Å². The Morgan fingerprint density at radius 3 is 2.70 bits per heavy atom. The zero-order valence-corrected chi connectivity index (χ0v) is 12.1. The molecular weight excluding hydrogens is 253 g/mol. The molecule has 0 saturated carbocycles. The molecule has 0 aliphatic heterocycles. The van der Waals surface area contributed by atoms with Crippen LogP contribution in [0.4, 0.5) is 10.1 Å². The Bertz CT molecular complexity index is 557. The maximum Gasteiger partial charge on any atom is 0.130 e. The number of anilines is 1.